The van der Waals surface area contributed by atoms with E-state index in [0.29, 0.717) is 4.68 Å². The average molecular weight is 320 g/mol. The monoisotopic (exact) mass is 320 g/mol. The van der Waals surface area contributed by atoms with E-state index in [1.807, 2.05) is 6.07 Å². The summed E-state index contributed by atoms with van der Waals surface area (Å²) in [6.45, 7) is 0. The summed E-state index contributed by atoms with van der Waals surface area (Å²) in [5.41, 5.74) is 3.36. The summed E-state index contributed by atoms with van der Waals surface area (Å²) in [4.78, 5) is 11.2. The normalized spacial score (nSPS) is 11.6. The minimum Gasteiger partial charge on any atom is -0.365 e. The van der Waals surface area contributed by atoms with Crippen molar-refractivity contribution in [3.63, 3.8) is 0 Å². The highest BCUT2D eigenvalue weighted by molar-refractivity contribution is 5.94. The van der Waals surface area contributed by atoms with Crippen LogP contribution in [-0.2, 0) is 6.18 Å². The molecule has 0 saturated carbocycles. The van der Waals surface area contributed by atoms with Crippen LogP contribution in [0.5, 0.6) is 0 Å². The van der Waals surface area contributed by atoms with Gasteiger partial charge in [0, 0.05) is 0 Å². The molecule has 0 bridgehead atoms. The van der Waals surface area contributed by atoms with Crippen molar-refractivity contribution in [2.75, 3.05) is 0 Å². The Balaban J connectivity index is 2.35. The molecule has 7 nitrogen and oxygen atoms in total. The number of nitrogens with two attached hydrogens (primary N) is 1. The number of nitriles is 1. The van der Waals surface area contributed by atoms with E-state index >= 15 is 0 Å². The largest absolute Gasteiger partial charge is 0.434 e. The summed E-state index contributed by atoms with van der Waals surface area (Å²) in [5, 5.41) is 16.5. The van der Waals surface area contributed by atoms with Crippen LogP contribution in [0.15, 0.2) is 30.6 Å². The molecule has 0 fully saturated rings. The van der Waals surface area contributed by atoms with Gasteiger partial charge in [0.15, 0.2) is 5.69 Å². The zero-order valence-electron chi connectivity index (χ0n) is 11.2. The number of pyridine rings is 1. The minimum absolute atomic E-state index is 0.0151. The van der Waals surface area contributed by atoms with E-state index in [-0.39, 0.29) is 16.9 Å². The molecule has 10 heteroatoms. The van der Waals surface area contributed by atoms with E-state index in [0.717, 1.165) is 6.20 Å². The molecule has 0 unspecified atom stereocenters. The van der Waals surface area contributed by atoms with E-state index < -0.39 is 23.3 Å². The van der Waals surface area contributed by atoms with Crippen molar-refractivity contribution in [1.29, 1.82) is 5.26 Å². The van der Waals surface area contributed by atoms with Crippen molar-refractivity contribution in [3.05, 3.63) is 47.5 Å². The highest BCUT2D eigenvalue weighted by Crippen LogP contribution is 2.34. The van der Waals surface area contributed by atoms with Gasteiger partial charge in [-0.3, -0.25) is 4.79 Å². The van der Waals surface area contributed by atoms with Crippen LogP contribution in [0.2, 0.25) is 0 Å². The van der Waals surface area contributed by atoms with Gasteiger partial charge < -0.3 is 5.73 Å². The van der Waals surface area contributed by atoms with Crippen LogP contribution in [-0.4, -0.2) is 25.3 Å². The lowest BCUT2D eigenvalue weighted by Gasteiger charge is -2.13. The maximum atomic E-state index is 13.3. The summed E-state index contributed by atoms with van der Waals surface area (Å²) in [6.07, 6.45) is -2.74. The van der Waals surface area contributed by atoms with Crippen molar-refractivity contribution < 1.29 is 18.0 Å². The molecule has 0 aliphatic rings. The van der Waals surface area contributed by atoms with Gasteiger partial charge in [-0.05, 0) is 18.2 Å². The van der Waals surface area contributed by atoms with E-state index in [2.05, 4.69) is 10.2 Å². The van der Waals surface area contributed by atoms with E-state index in [4.69, 9.17) is 11.0 Å². The molecule has 3 rings (SSSR count). The van der Waals surface area contributed by atoms with Gasteiger partial charge in [0.05, 0.1) is 29.2 Å². The Morgan fingerprint density at radius 1 is 1.26 bits per heavy atom. The highest BCUT2D eigenvalue weighted by Gasteiger charge is 2.40. The van der Waals surface area contributed by atoms with E-state index in [1.54, 1.807) is 0 Å². The first-order valence-electron chi connectivity index (χ1n) is 6.17. The molecular weight excluding hydrogens is 313 g/mol. The number of halogens is 3. The van der Waals surface area contributed by atoms with Gasteiger partial charge in [-0.25, -0.2) is 9.20 Å². The Labute approximate surface area is 126 Å². The number of amides is 1. The van der Waals surface area contributed by atoms with Gasteiger partial charge in [0.1, 0.15) is 11.8 Å². The van der Waals surface area contributed by atoms with E-state index in [9.17, 15) is 18.0 Å². The number of carbonyl (C=O) groups excluding carboxylic acids is 1. The highest BCUT2D eigenvalue weighted by atomic mass is 19.4. The third-order valence-corrected chi connectivity index (χ3v) is 3.18. The van der Waals surface area contributed by atoms with Gasteiger partial charge in [0.25, 0.3) is 5.91 Å². The fourth-order valence-corrected chi connectivity index (χ4v) is 2.25. The van der Waals surface area contributed by atoms with Crippen molar-refractivity contribution in [3.8, 4) is 11.8 Å². The fraction of sp³-hybridized carbons (Fsp3) is 0.0769. The molecule has 3 heterocycles. The Hall–Kier alpha value is -3.35. The lowest BCUT2D eigenvalue weighted by atomic mass is 10.2. The number of fused-ring (bicyclic) bond motifs is 1. The van der Waals surface area contributed by atoms with Crippen LogP contribution in [0.25, 0.3) is 11.2 Å². The predicted molar refractivity (Wildman–Crippen MR) is 70.5 cm³/mol. The molecule has 23 heavy (non-hydrogen) atoms. The number of nitrogens with zero attached hydrogens (tertiary/aromatic N) is 5. The molecule has 0 radical (unpaired) electrons. The maximum Gasteiger partial charge on any atom is 0.434 e. The van der Waals surface area contributed by atoms with Gasteiger partial charge in [-0.1, -0.05) is 0 Å². The van der Waals surface area contributed by atoms with Gasteiger partial charge >= 0.3 is 6.18 Å². The first kappa shape index (κ1) is 14.6. The number of rotatable bonds is 2. The lowest BCUT2D eigenvalue weighted by Crippen LogP contribution is -2.21. The molecule has 0 aliphatic carbocycles. The van der Waals surface area contributed by atoms with Crippen LogP contribution < -0.4 is 5.73 Å². The van der Waals surface area contributed by atoms with Crippen molar-refractivity contribution in [2.45, 2.75) is 6.18 Å². The van der Waals surface area contributed by atoms with Crippen LogP contribution in [0.3, 0.4) is 0 Å². The number of carbonyl (C=O) groups is 1. The summed E-state index contributed by atoms with van der Waals surface area (Å²) >= 11 is 0. The van der Waals surface area contributed by atoms with Crippen LogP contribution in [0.4, 0.5) is 13.2 Å². The standard InChI is InChI=1S/C13H7F3N6O/c14-13(15,16)11-8(12(18)23)6-20-22(11)9-2-1-7(5-17)21-10(9)3-4-19-21/h1-4,6H,(H2,18,23). The first-order chi connectivity index (χ1) is 10.8. The molecule has 2 N–H and O–H groups in total. The molecule has 0 aliphatic heterocycles. The number of alkyl halides is 3. The fourth-order valence-electron chi connectivity index (χ4n) is 2.25. The SMILES string of the molecule is N#Cc1ccc(-n2ncc(C(N)=O)c2C(F)(F)F)c2ccnn12. The van der Waals surface area contributed by atoms with E-state index in [1.165, 1.54) is 28.9 Å². The molecule has 0 saturated heterocycles. The van der Waals surface area contributed by atoms with Crippen molar-refractivity contribution >= 4 is 11.4 Å². The maximum absolute atomic E-state index is 13.3. The second kappa shape index (κ2) is 4.84. The summed E-state index contributed by atoms with van der Waals surface area (Å²) in [6, 6.07) is 5.91. The van der Waals surface area contributed by atoms with Gasteiger partial charge in [-0.15, -0.1) is 0 Å². The zero-order valence-corrected chi connectivity index (χ0v) is 11.2. The molecule has 3 aromatic heterocycles. The molecule has 0 aromatic carbocycles. The smallest absolute Gasteiger partial charge is 0.365 e. The molecule has 3 aromatic rings. The molecule has 1 amide bonds. The average Bonchev–Trinajstić information content (AvgIpc) is 3.12. The number of primary amides is 1. The summed E-state index contributed by atoms with van der Waals surface area (Å²) in [7, 11) is 0. The second-order valence-electron chi connectivity index (χ2n) is 4.52. The number of hydrogen-bond donors (Lipinski definition) is 1. The third-order valence-electron chi connectivity index (χ3n) is 3.18. The quantitative estimate of drug-likeness (QED) is 0.773. The predicted octanol–water partition coefficient (Wildman–Crippen LogP) is 1.51. The van der Waals surface area contributed by atoms with Crippen LogP contribution >= 0.6 is 0 Å². The molecule has 0 atom stereocenters. The Kier molecular flexibility index (Phi) is 3.07. The zero-order chi connectivity index (χ0) is 16.8. The Morgan fingerprint density at radius 2 is 2.00 bits per heavy atom. The van der Waals surface area contributed by atoms with Gasteiger partial charge in [-0.2, -0.15) is 28.6 Å². The van der Waals surface area contributed by atoms with Crippen molar-refractivity contribution in [2.24, 2.45) is 5.73 Å². The third kappa shape index (κ3) is 2.18. The Bertz CT molecular complexity index is 962. The number of hydrogen-bond acceptors (Lipinski definition) is 4. The summed E-state index contributed by atoms with van der Waals surface area (Å²) < 4.78 is 41.7. The second-order valence-corrected chi connectivity index (χ2v) is 4.52. The summed E-state index contributed by atoms with van der Waals surface area (Å²) in [5.74, 6) is -1.23. The number of aromatic nitrogens is 4. The Morgan fingerprint density at radius 3 is 2.61 bits per heavy atom. The molecular formula is C13H7F3N6O. The molecule has 0 spiro atoms. The van der Waals surface area contributed by atoms with Gasteiger partial charge in [0.2, 0.25) is 0 Å². The van der Waals surface area contributed by atoms with Crippen LogP contribution in [0, 0.1) is 11.3 Å². The topological polar surface area (TPSA) is 102 Å². The molecule has 116 valence electrons. The lowest BCUT2D eigenvalue weighted by molar-refractivity contribution is -0.143. The minimum atomic E-state index is -4.84. The van der Waals surface area contributed by atoms with Crippen molar-refractivity contribution in [1.82, 2.24) is 19.4 Å². The first-order valence-corrected chi connectivity index (χ1v) is 6.17. The van der Waals surface area contributed by atoms with Crippen LogP contribution in [0.1, 0.15) is 21.7 Å².